The predicted octanol–water partition coefficient (Wildman–Crippen LogP) is 1.44. The number of aromatic nitrogens is 5. The molecule has 0 spiro atoms. The van der Waals surface area contributed by atoms with E-state index < -0.39 is 5.91 Å². The summed E-state index contributed by atoms with van der Waals surface area (Å²) < 4.78 is 18.8. The molecule has 5 aromatic heterocycles. The summed E-state index contributed by atoms with van der Waals surface area (Å²) in [6, 6.07) is 1.83. The van der Waals surface area contributed by atoms with Gasteiger partial charge in [0.1, 0.15) is 29.2 Å². The van der Waals surface area contributed by atoms with Crippen LogP contribution < -0.4 is 27.1 Å². The molecule has 1 amide bonds. The highest BCUT2D eigenvalue weighted by Gasteiger charge is 2.28. The Labute approximate surface area is 242 Å². The zero-order valence-corrected chi connectivity index (χ0v) is 23.6. The van der Waals surface area contributed by atoms with Crippen LogP contribution in [0.5, 0.6) is 0 Å². The van der Waals surface area contributed by atoms with Crippen LogP contribution in [0, 0.1) is 0 Å². The summed E-state index contributed by atoms with van der Waals surface area (Å²) in [7, 11) is 0. The van der Waals surface area contributed by atoms with Crippen LogP contribution in [0.2, 0.25) is 0 Å². The lowest BCUT2D eigenvalue weighted by molar-refractivity contribution is -0.427. The molecule has 42 heavy (non-hydrogen) atoms. The van der Waals surface area contributed by atoms with Crippen molar-refractivity contribution < 1.29 is 24.1 Å². The van der Waals surface area contributed by atoms with Gasteiger partial charge in [-0.2, -0.15) is 0 Å². The Morgan fingerprint density at radius 2 is 2.05 bits per heavy atom. The summed E-state index contributed by atoms with van der Waals surface area (Å²) in [5, 5.41) is 12.3. The van der Waals surface area contributed by atoms with Crippen LogP contribution in [0.25, 0.3) is 27.4 Å². The topological polar surface area (TPSA) is 195 Å². The minimum atomic E-state index is -0.641. The van der Waals surface area contributed by atoms with E-state index in [9.17, 15) is 9.59 Å². The van der Waals surface area contributed by atoms with Crippen molar-refractivity contribution in [2.45, 2.75) is 44.2 Å². The summed E-state index contributed by atoms with van der Waals surface area (Å²) in [6.07, 6.45) is 9.29. The zero-order chi connectivity index (χ0) is 28.8. The summed E-state index contributed by atoms with van der Waals surface area (Å²) >= 11 is 1.39. The third-order valence-electron chi connectivity index (χ3n) is 7.88. The summed E-state index contributed by atoms with van der Waals surface area (Å²) in [4.78, 5) is 37.6. The molecule has 0 unspecified atom stereocenters. The second-order valence-electron chi connectivity index (χ2n) is 10.6. The first-order valence-electron chi connectivity index (χ1n) is 13.9. The summed E-state index contributed by atoms with van der Waals surface area (Å²) in [5.74, 6) is 0.367. The Morgan fingerprint density at radius 3 is 2.86 bits per heavy atom. The van der Waals surface area contributed by atoms with Gasteiger partial charge in [-0.3, -0.25) is 14.0 Å². The lowest BCUT2D eigenvalue weighted by Crippen LogP contribution is -2.68. The van der Waals surface area contributed by atoms with Gasteiger partial charge in [-0.15, -0.1) is 21.5 Å². The average Bonchev–Trinajstić information content (AvgIpc) is 3.75. The molecule has 2 atom stereocenters. The van der Waals surface area contributed by atoms with Crippen LogP contribution in [0.15, 0.2) is 38.5 Å². The van der Waals surface area contributed by atoms with Crippen molar-refractivity contribution >= 4 is 45.9 Å². The van der Waals surface area contributed by atoms with E-state index in [2.05, 4.69) is 26.2 Å². The molecule has 0 bridgehead atoms. The summed E-state index contributed by atoms with van der Waals surface area (Å²) in [5.41, 5.74) is 11.9. The highest BCUT2D eigenvalue weighted by molar-refractivity contribution is 7.15. The number of furan rings is 1. The van der Waals surface area contributed by atoms with Crippen molar-refractivity contribution in [3.8, 4) is 10.6 Å². The number of anilines is 2. The van der Waals surface area contributed by atoms with Gasteiger partial charge in [-0.05, 0) is 12.8 Å². The van der Waals surface area contributed by atoms with Gasteiger partial charge in [-0.25, -0.2) is 9.97 Å². The van der Waals surface area contributed by atoms with Crippen molar-refractivity contribution in [3.63, 3.8) is 0 Å². The molecule has 2 aliphatic rings. The van der Waals surface area contributed by atoms with E-state index in [1.165, 1.54) is 30.0 Å². The smallest absolute Gasteiger partial charge is 0.254 e. The molecule has 218 valence electrons. The third kappa shape index (κ3) is 4.78. The molecule has 0 radical (unpaired) electrons. The van der Waals surface area contributed by atoms with E-state index in [0.717, 1.165) is 30.6 Å². The van der Waals surface area contributed by atoms with Crippen molar-refractivity contribution in [2.75, 3.05) is 36.5 Å². The molecule has 15 heteroatoms. The van der Waals surface area contributed by atoms with Crippen LogP contribution in [0.1, 0.15) is 46.6 Å². The minimum Gasteiger partial charge on any atom is -0.456 e. The van der Waals surface area contributed by atoms with Gasteiger partial charge in [0.15, 0.2) is 17.1 Å². The number of hydrogen-bond donors (Lipinski definition) is 3. The van der Waals surface area contributed by atoms with Crippen LogP contribution in [-0.2, 0) is 11.2 Å². The van der Waals surface area contributed by atoms with Gasteiger partial charge < -0.3 is 35.3 Å². The molecule has 1 saturated carbocycles. The van der Waals surface area contributed by atoms with Crippen molar-refractivity contribution in [3.05, 3.63) is 51.2 Å². The fourth-order valence-electron chi connectivity index (χ4n) is 5.67. The van der Waals surface area contributed by atoms with Gasteiger partial charge in [-0.1, -0.05) is 6.42 Å². The molecule has 2 fully saturated rings. The molecule has 14 nitrogen and oxygen atoms in total. The number of ether oxygens (including phenoxy) is 1. The largest absolute Gasteiger partial charge is 0.456 e. The maximum Gasteiger partial charge on any atom is 0.254 e. The van der Waals surface area contributed by atoms with Gasteiger partial charge in [0.25, 0.3) is 5.91 Å². The molecule has 7 rings (SSSR count). The van der Waals surface area contributed by atoms with Gasteiger partial charge in [0.2, 0.25) is 17.0 Å². The Balaban J connectivity index is 1.23. The first-order chi connectivity index (χ1) is 20.5. The molecule has 5 aromatic rings. The average molecular weight is 593 g/mol. The number of hydrogen-bond acceptors (Lipinski definition) is 12. The van der Waals surface area contributed by atoms with Gasteiger partial charge >= 0.3 is 0 Å². The third-order valence-corrected chi connectivity index (χ3v) is 8.91. The number of thiazole rings is 1. The number of rotatable bonds is 7. The number of amides is 1. The molecule has 1 saturated heterocycles. The molecule has 1 aliphatic heterocycles. The minimum absolute atomic E-state index is 0.135. The highest BCUT2D eigenvalue weighted by atomic mass is 32.1. The maximum atomic E-state index is 12.8. The van der Waals surface area contributed by atoms with E-state index in [1.807, 2.05) is 4.90 Å². The molecular weight excluding hydrogens is 562 g/mol. The van der Waals surface area contributed by atoms with Crippen molar-refractivity contribution in [1.29, 1.82) is 0 Å². The number of carbonyl (C=O) groups is 1. The number of nitrogens with zero attached hydrogens (tertiary/aromatic N) is 6. The van der Waals surface area contributed by atoms with Crippen LogP contribution in [0.4, 0.5) is 11.8 Å². The standard InChI is InChI=1S/C27H29N9O5S/c28-16-3-1-2-4-17(16)32-27-33-18(21(24(29)38)25-34-31-13-36(25)27)9-14-11-30-26(42-14)15-12-40-23-19(37)10-20(41-22(15)23)35-5-7-39-8-6-35/h10-13,16-17H,1-9,28H2,(H2,29,38)(H,32,33)/p+1/t16-,17+/m1/s1. The van der Waals surface area contributed by atoms with Crippen LogP contribution in [0.3, 0.4) is 0 Å². The summed E-state index contributed by atoms with van der Waals surface area (Å²) in [6.45, 7) is 2.38. The van der Waals surface area contributed by atoms with Gasteiger partial charge in [0, 0.05) is 37.0 Å². The Kier molecular flexibility index (Phi) is 6.84. The SMILES string of the molecule is NC(=O)c1c(Cc2cnc(-c3coc4c(=O)cc(N5CCOCC5)oc34)s2)nc(N[C@H]2CCCC[C@H]2[NH3+])n2cnnc12. The predicted molar refractivity (Wildman–Crippen MR) is 154 cm³/mol. The molecule has 0 aromatic carbocycles. The second kappa shape index (κ2) is 10.8. The fraction of sp³-hybridized carbons (Fsp3) is 0.407. The molecular formula is C27H30N9O5S+. The maximum absolute atomic E-state index is 12.8. The van der Waals surface area contributed by atoms with E-state index in [1.54, 1.807) is 10.6 Å². The van der Waals surface area contributed by atoms with Crippen molar-refractivity contribution in [1.82, 2.24) is 24.6 Å². The van der Waals surface area contributed by atoms with Crippen LogP contribution >= 0.6 is 11.3 Å². The fourth-order valence-corrected chi connectivity index (χ4v) is 6.59. The van der Waals surface area contributed by atoms with Gasteiger partial charge in [0.05, 0.1) is 36.6 Å². The first kappa shape index (κ1) is 26.6. The van der Waals surface area contributed by atoms with E-state index in [4.69, 9.17) is 24.3 Å². The normalized spacial score (nSPS) is 19.5. The Hall–Kier alpha value is -4.34. The highest BCUT2D eigenvalue weighted by Crippen LogP contribution is 2.35. The first-order valence-corrected chi connectivity index (χ1v) is 14.7. The zero-order valence-electron chi connectivity index (χ0n) is 22.7. The number of primary amides is 1. The molecule has 1 aliphatic carbocycles. The number of fused-ring (bicyclic) bond motifs is 2. The van der Waals surface area contributed by atoms with Crippen LogP contribution in [-0.4, -0.2) is 68.9 Å². The number of nitrogens with two attached hydrogens (primary N) is 1. The monoisotopic (exact) mass is 592 g/mol. The Morgan fingerprint density at radius 1 is 1.21 bits per heavy atom. The molecule has 6 N–H and O–H groups in total. The quantitative estimate of drug-likeness (QED) is 0.247. The number of morpholine rings is 1. The number of carbonyl (C=O) groups excluding carboxylic acids is 1. The molecule has 6 heterocycles. The second-order valence-corrected chi connectivity index (χ2v) is 11.7. The lowest BCUT2D eigenvalue weighted by Gasteiger charge is -2.27. The van der Waals surface area contributed by atoms with E-state index in [-0.39, 0.29) is 35.1 Å². The number of quaternary nitrogens is 1. The lowest BCUT2D eigenvalue weighted by atomic mass is 9.91. The van der Waals surface area contributed by atoms with Crippen molar-refractivity contribution in [2.24, 2.45) is 5.73 Å². The van der Waals surface area contributed by atoms with E-state index in [0.29, 0.717) is 65.6 Å². The van der Waals surface area contributed by atoms with E-state index >= 15 is 0 Å². The number of nitrogens with one attached hydrogen (secondary N) is 1. The Bertz CT molecular complexity index is 1840.